The normalized spacial score (nSPS) is 27.4. The number of ether oxygens (including phenoxy) is 1. The van der Waals surface area contributed by atoms with E-state index in [0.717, 1.165) is 31.0 Å². The van der Waals surface area contributed by atoms with Gasteiger partial charge in [-0.05, 0) is 43.2 Å². The first kappa shape index (κ1) is 20.7. The lowest BCUT2D eigenvalue weighted by Gasteiger charge is -2.43. The van der Waals surface area contributed by atoms with Crippen LogP contribution in [0.2, 0.25) is 0 Å². The average Bonchev–Trinajstić information content (AvgIpc) is 2.96. The average molecular weight is 394 g/mol. The summed E-state index contributed by atoms with van der Waals surface area (Å²) in [5.74, 6) is -1.93. The Morgan fingerprint density at radius 3 is 2.57 bits per heavy atom. The van der Waals surface area contributed by atoms with E-state index in [9.17, 15) is 18.4 Å². The van der Waals surface area contributed by atoms with Gasteiger partial charge in [0.25, 0.3) is 5.91 Å². The van der Waals surface area contributed by atoms with Crippen LogP contribution in [0.15, 0.2) is 18.2 Å². The molecule has 2 fully saturated rings. The number of nitrogens with zero attached hydrogens (tertiary/aromatic N) is 1. The van der Waals surface area contributed by atoms with Crippen LogP contribution in [0.1, 0.15) is 56.8 Å². The monoisotopic (exact) mass is 394 g/mol. The Labute approximate surface area is 164 Å². The number of hydrogen-bond donors (Lipinski definition) is 1. The molecule has 0 aromatic heterocycles. The van der Waals surface area contributed by atoms with Gasteiger partial charge in [0.15, 0.2) is 0 Å². The number of carbonyl (C=O) groups is 2. The van der Waals surface area contributed by atoms with Crippen LogP contribution in [-0.4, -0.2) is 41.6 Å². The van der Waals surface area contributed by atoms with Crippen LogP contribution >= 0.6 is 0 Å². The van der Waals surface area contributed by atoms with E-state index >= 15 is 0 Å². The van der Waals surface area contributed by atoms with E-state index in [4.69, 9.17) is 4.74 Å². The predicted octanol–water partition coefficient (Wildman–Crippen LogP) is 3.48. The first-order valence-electron chi connectivity index (χ1n) is 9.93. The quantitative estimate of drug-likeness (QED) is 0.851. The molecule has 1 aliphatic carbocycles. The van der Waals surface area contributed by atoms with Crippen molar-refractivity contribution in [1.82, 2.24) is 10.2 Å². The molecule has 1 spiro atoms. The van der Waals surface area contributed by atoms with Crippen molar-refractivity contribution < 1.29 is 23.1 Å². The molecule has 1 heterocycles. The van der Waals surface area contributed by atoms with Crippen molar-refractivity contribution in [2.24, 2.45) is 11.8 Å². The van der Waals surface area contributed by atoms with E-state index in [-0.39, 0.29) is 24.0 Å². The molecule has 28 heavy (non-hydrogen) atoms. The minimum atomic E-state index is -0.905. The van der Waals surface area contributed by atoms with Gasteiger partial charge in [0.2, 0.25) is 5.91 Å². The topological polar surface area (TPSA) is 58.6 Å². The van der Waals surface area contributed by atoms with Crippen LogP contribution in [0.25, 0.3) is 0 Å². The van der Waals surface area contributed by atoms with Gasteiger partial charge < -0.3 is 10.1 Å². The van der Waals surface area contributed by atoms with Crippen LogP contribution in [-0.2, 0) is 9.53 Å². The van der Waals surface area contributed by atoms with Gasteiger partial charge in [-0.1, -0.05) is 27.2 Å². The molecule has 1 aromatic rings. The Balaban J connectivity index is 1.95. The van der Waals surface area contributed by atoms with Crippen LogP contribution in [0, 0.1) is 23.5 Å². The SMILES string of the molecule is CC(C)CNC(=O)[C@@H]1CO[C@]2(CCC[C@H](C)C2)N1C(=O)c1cc(F)cc(F)c1. The Bertz CT molecular complexity index is 735. The summed E-state index contributed by atoms with van der Waals surface area (Å²) in [6.45, 7) is 6.61. The summed E-state index contributed by atoms with van der Waals surface area (Å²) in [6, 6.07) is 1.92. The lowest BCUT2D eigenvalue weighted by Crippen LogP contribution is -2.57. The van der Waals surface area contributed by atoms with E-state index in [1.807, 2.05) is 13.8 Å². The van der Waals surface area contributed by atoms with Crippen molar-refractivity contribution in [3.8, 4) is 0 Å². The lowest BCUT2D eigenvalue weighted by molar-refractivity contribution is -0.128. The van der Waals surface area contributed by atoms with Gasteiger partial charge >= 0.3 is 0 Å². The predicted molar refractivity (Wildman–Crippen MR) is 100 cm³/mol. The summed E-state index contributed by atoms with van der Waals surface area (Å²) in [7, 11) is 0. The summed E-state index contributed by atoms with van der Waals surface area (Å²) in [5.41, 5.74) is -1.01. The Morgan fingerprint density at radius 2 is 1.96 bits per heavy atom. The fourth-order valence-electron chi connectivity index (χ4n) is 4.25. The molecule has 1 saturated heterocycles. The number of benzene rings is 1. The molecule has 3 rings (SSSR count). The van der Waals surface area contributed by atoms with Crippen LogP contribution in [0.4, 0.5) is 8.78 Å². The van der Waals surface area contributed by atoms with E-state index in [1.165, 1.54) is 4.90 Å². The molecule has 154 valence electrons. The Hall–Kier alpha value is -2.02. The largest absolute Gasteiger partial charge is 0.354 e. The smallest absolute Gasteiger partial charge is 0.257 e. The first-order chi connectivity index (χ1) is 13.2. The van der Waals surface area contributed by atoms with Crippen molar-refractivity contribution in [2.75, 3.05) is 13.2 Å². The molecule has 7 heteroatoms. The minimum absolute atomic E-state index is 0.0835. The first-order valence-corrected chi connectivity index (χ1v) is 9.93. The zero-order chi connectivity index (χ0) is 20.5. The second kappa shape index (κ2) is 8.15. The molecular weight excluding hydrogens is 366 g/mol. The molecule has 0 radical (unpaired) electrons. The van der Waals surface area contributed by atoms with Gasteiger partial charge in [0.1, 0.15) is 23.4 Å². The van der Waals surface area contributed by atoms with Crippen molar-refractivity contribution >= 4 is 11.8 Å². The maximum Gasteiger partial charge on any atom is 0.257 e. The third-order valence-electron chi connectivity index (χ3n) is 5.51. The highest BCUT2D eigenvalue weighted by atomic mass is 19.1. The highest BCUT2D eigenvalue weighted by Gasteiger charge is 2.54. The van der Waals surface area contributed by atoms with E-state index in [2.05, 4.69) is 12.2 Å². The fourth-order valence-corrected chi connectivity index (χ4v) is 4.25. The Morgan fingerprint density at radius 1 is 1.29 bits per heavy atom. The van der Waals surface area contributed by atoms with E-state index < -0.39 is 29.3 Å². The number of halogens is 2. The maximum absolute atomic E-state index is 13.7. The number of nitrogens with one attached hydrogen (secondary N) is 1. The summed E-state index contributed by atoms with van der Waals surface area (Å²) < 4.78 is 33.5. The number of amides is 2. The maximum atomic E-state index is 13.7. The van der Waals surface area contributed by atoms with Crippen LogP contribution in [0.5, 0.6) is 0 Å². The van der Waals surface area contributed by atoms with Crippen molar-refractivity contribution in [2.45, 2.75) is 58.2 Å². The second-order valence-electron chi connectivity index (χ2n) is 8.45. The lowest BCUT2D eigenvalue weighted by atomic mass is 9.83. The van der Waals surface area contributed by atoms with Gasteiger partial charge in [-0.3, -0.25) is 14.5 Å². The highest BCUT2D eigenvalue weighted by Crippen LogP contribution is 2.43. The standard InChI is InChI=1S/C21H28F2N2O3/c1-13(2)11-24-19(26)18-12-28-21(6-4-5-14(3)10-21)25(18)20(27)15-7-16(22)9-17(23)8-15/h7-9,13-14,18H,4-6,10-12H2,1-3H3,(H,24,26)/t14-,18-,21-/m0/s1. The molecule has 1 aromatic carbocycles. The minimum Gasteiger partial charge on any atom is -0.354 e. The number of carbonyl (C=O) groups excluding carboxylic acids is 2. The van der Waals surface area contributed by atoms with Crippen molar-refractivity contribution in [3.63, 3.8) is 0 Å². The Kier molecular flexibility index (Phi) is 6.03. The zero-order valence-corrected chi connectivity index (χ0v) is 16.6. The van der Waals surface area contributed by atoms with Gasteiger partial charge in [0, 0.05) is 18.2 Å². The van der Waals surface area contributed by atoms with E-state index in [1.54, 1.807) is 0 Å². The summed E-state index contributed by atoms with van der Waals surface area (Å²) in [4.78, 5) is 27.6. The molecule has 3 atom stereocenters. The third kappa shape index (κ3) is 4.19. The van der Waals surface area contributed by atoms with Gasteiger partial charge in [0.05, 0.1) is 6.61 Å². The van der Waals surface area contributed by atoms with Gasteiger partial charge in [-0.2, -0.15) is 0 Å². The second-order valence-corrected chi connectivity index (χ2v) is 8.45. The third-order valence-corrected chi connectivity index (χ3v) is 5.51. The van der Waals surface area contributed by atoms with Crippen LogP contribution in [0.3, 0.4) is 0 Å². The molecular formula is C21H28F2N2O3. The van der Waals surface area contributed by atoms with Crippen molar-refractivity contribution in [3.05, 3.63) is 35.4 Å². The van der Waals surface area contributed by atoms with Gasteiger partial charge in [-0.15, -0.1) is 0 Å². The number of hydrogen-bond acceptors (Lipinski definition) is 3. The van der Waals surface area contributed by atoms with E-state index in [0.29, 0.717) is 25.3 Å². The van der Waals surface area contributed by atoms with Gasteiger partial charge in [-0.25, -0.2) is 8.78 Å². The molecule has 2 aliphatic rings. The molecule has 0 unspecified atom stereocenters. The molecule has 2 amide bonds. The molecule has 1 saturated carbocycles. The van der Waals surface area contributed by atoms with Crippen molar-refractivity contribution in [1.29, 1.82) is 0 Å². The molecule has 0 bridgehead atoms. The summed E-state index contributed by atoms with van der Waals surface area (Å²) >= 11 is 0. The molecule has 1 aliphatic heterocycles. The zero-order valence-electron chi connectivity index (χ0n) is 16.6. The molecule has 1 N–H and O–H groups in total. The molecule has 5 nitrogen and oxygen atoms in total. The fraction of sp³-hybridized carbons (Fsp3) is 0.619. The summed E-state index contributed by atoms with van der Waals surface area (Å²) in [6.07, 6.45) is 3.09. The number of rotatable bonds is 4. The van der Waals surface area contributed by atoms with Crippen LogP contribution < -0.4 is 5.32 Å². The highest BCUT2D eigenvalue weighted by molar-refractivity contribution is 5.98. The summed E-state index contributed by atoms with van der Waals surface area (Å²) in [5, 5.41) is 2.86.